The lowest BCUT2D eigenvalue weighted by Gasteiger charge is -2.21. The molecule has 1 heterocycles. The summed E-state index contributed by atoms with van der Waals surface area (Å²) in [6.07, 6.45) is 2.11. The van der Waals surface area contributed by atoms with Gasteiger partial charge in [-0.25, -0.2) is 4.98 Å². The van der Waals surface area contributed by atoms with Gasteiger partial charge in [0.2, 0.25) is 0 Å². The Morgan fingerprint density at radius 2 is 2.17 bits per heavy atom. The highest BCUT2D eigenvalue weighted by Crippen LogP contribution is 2.26. The summed E-state index contributed by atoms with van der Waals surface area (Å²) in [5, 5.41) is 9.29. The molecule has 0 spiro atoms. The molecule has 2 N–H and O–H groups in total. The van der Waals surface area contributed by atoms with E-state index in [0.717, 1.165) is 15.7 Å². The Labute approximate surface area is 114 Å². The van der Waals surface area contributed by atoms with Crippen molar-refractivity contribution in [2.45, 2.75) is 16.3 Å². The van der Waals surface area contributed by atoms with Crippen molar-refractivity contribution in [2.24, 2.45) is 5.73 Å². The second-order valence-corrected chi connectivity index (χ2v) is 5.88. The molecule has 0 saturated heterocycles. The summed E-state index contributed by atoms with van der Waals surface area (Å²) in [6.45, 7) is 0. The third-order valence-corrected chi connectivity index (χ3v) is 4.35. The van der Waals surface area contributed by atoms with Crippen molar-refractivity contribution >= 4 is 23.3 Å². The first kappa shape index (κ1) is 13.0. The molecule has 92 valence electrons. The fourth-order valence-electron chi connectivity index (χ4n) is 1.53. The Bertz CT molecular complexity index is 521. The number of nitrogens with two attached hydrogens (primary N) is 1. The molecule has 1 aromatic carbocycles. The molecule has 0 aliphatic heterocycles. The molecule has 1 unspecified atom stereocenters. The van der Waals surface area contributed by atoms with E-state index in [4.69, 9.17) is 5.73 Å². The first-order chi connectivity index (χ1) is 8.74. The van der Waals surface area contributed by atoms with Gasteiger partial charge in [0.25, 0.3) is 0 Å². The first-order valence-corrected chi connectivity index (χ1v) is 7.16. The van der Waals surface area contributed by atoms with Crippen LogP contribution in [0.5, 0.6) is 0 Å². The summed E-state index contributed by atoms with van der Waals surface area (Å²) < 4.78 is 4.83. The summed E-state index contributed by atoms with van der Waals surface area (Å²) in [4.78, 5) is 4.08. The largest absolute Gasteiger partial charge is 0.310 e. The average molecular weight is 276 g/mol. The zero-order valence-corrected chi connectivity index (χ0v) is 11.2. The van der Waals surface area contributed by atoms with Crippen LogP contribution in [0.4, 0.5) is 0 Å². The lowest BCUT2D eigenvalue weighted by Crippen LogP contribution is -2.35. The predicted octanol–water partition coefficient (Wildman–Crippen LogP) is 2.40. The molecule has 0 bridgehead atoms. The Kier molecular flexibility index (Phi) is 4.31. The minimum Gasteiger partial charge on any atom is -0.310 e. The van der Waals surface area contributed by atoms with Crippen LogP contribution in [-0.2, 0) is 5.54 Å². The Morgan fingerprint density at radius 1 is 1.39 bits per heavy atom. The second kappa shape index (κ2) is 5.96. The van der Waals surface area contributed by atoms with Crippen LogP contribution in [0.2, 0.25) is 0 Å². The van der Waals surface area contributed by atoms with Crippen molar-refractivity contribution in [1.82, 2.24) is 9.36 Å². The van der Waals surface area contributed by atoms with Gasteiger partial charge >= 0.3 is 0 Å². The molecule has 18 heavy (non-hydrogen) atoms. The van der Waals surface area contributed by atoms with Gasteiger partial charge in [-0.1, -0.05) is 42.1 Å². The van der Waals surface area contributed by atoms with Crippen LogP contribution in [0.25, 0.3) is 0 Å². The molecule has 0 aliphatic rings. The standard InChI is InChI=1S/C12H12N4S2/c13-8-12(14,10-4-2-1-3-5-10)6-7-17-11-15-9-16-18-11/h1-5,9H,6-7,14H2. The summed E-state index contributed by atoms with van der Waals surface area (Å²) >= 11 is 2.93. The van der Waals surface area contributed by atoms with E-state index < -0.39 is 5.54 Å². The quantitative estimate of drug-likeness (QED) is 0.849. The van der Waals surface area contributed by atoms with Gasteiger partial charge in [-0.2, -0.15) is 9.64 Å². The molecule has 0 fully saturated rings. The third-order valence-electron chi connectivity index (χ3n) is 2.55. The number of nitrogens with zero attached hydrogens (tertiary/aromatic N) is 3. The molecule has 1 aromatic heterocycles. The lowest BCUT2D eigenvalue weighted by molar-refractivity contribution is 0.560. The molecular weight excluding hydrogens is 264 g/mol. The van der Waals surface area contributed by atoms with Crippen LogP contribution in [-0.4, -0.2) is 15.1 Å². The van der Waals surface area contributed by atoms with E-state index in [1.165, 1.54) is 17.9 Å². The summed E-state index contributed by atoms with van der Waals surface area (Å²) in [6, 6.07) is 11.7. The number of benzene rings is 1. The number of rotatable bonds is 5. The Balaban J connectivity index is 1.99. The van der Waals surface area contributed by atoms with E-state index in [1.54, 1.807) is 11.8 Å². The normalized spacial score (nSPS) is 13.8. The van der Waals surface area contributed by atoms with Crippen LogP contribution in [0, 0.1) is 11.3 Å². The second-order valence-electron chi connectivity index (χ2n) is 3.75. The molecular formula is C12H12N4S2. The lowest BCUT2D eigenvalue weighted by atomic mass is 9.90. The van der Waals surface area contributed by atoms with E-state index >= 15 is 0 Å². The van der Waals surface area contributed by atoms with E-state index in [0.29, 0.717) is 6.42 Å². The SMILES string of the molecule is N#CC(N)(CCSc1ncns1)c1ccccc1. The van der Waals surface area contributed by atoms with Crippen molar-refractivity contribution in [1.29, 1.82) is 5.26 Å². The van der Waals surface area contributed by atoms with Gasteiger partial charge in [-0.15, -0.1) is 0 Å². The number of nitriles is 1. The molecule has 4 nitrogen and oxygen atoms in total. The van der Waals surface area contributed by atoms with Crippen molar-refractivity contribution < 1.29 is 0 Å². The van der Waals surface area contributed by atoms with Crippen LogP contribution in [0.3, 0.4) is 0 Å². The monoisotopic (exact) mass is 276 g/mol. The fourth-order valence-corrected chi connectivity index (χ4v) is 3.12. The van der Waals surface area contributed by atoms with Gasteiger partial charge in [0.1, 0.15) is 11.9 Å². The van der Waals surface area contributed by atoms with Gasteiger partial charge in [-0.3, -0.25) is 0 Å². The predicted molar refractivity (Wildman–Crippen MR) is 73.2 cm³/mol. The highest BCUT2D eigenvalue weighted by Gasteiger charge is 2.26. The van der Waals surface area contributed by atoms with Gasteiger partial charge < -0.3 is 5.73 Å². The van der Waals surface area contributed by atoms with Crippen LogP contribution in [0.1, 0.15) is 12.0 Å². The molecule has 0 amide bonds. The highest BCUT2D eigenvalue weighted by atomic mass is 32.2. The van der Waals surface area contributed by atoms with Gasteiger partial charge in [0.15, 0.2) is 4.34 Å². The number of hydrogen-bond donors (Lipinski definition) is 1. The maximum Gasteiger partial charge on any atom is 0.169 e. The van der Waals surface area contributed by atoms with Crippen LogP contribution >= 0.6 is 23.3 Å². The molecule has 2 aromatic rings. The maximum atomic E-state index is 9.29. The van der Waals surface area contributed by atoms with E-state index in [1.807, 2.05) is 30.3 Å². The molecule has 0 saturated carbocycles. The van der Waals surface area contributed by atoms with Gasteiger partial charge in [0.05, 0.1) is 6.07 Å². The van der Waals surface area contributed by atoms with Crippen LogP contribution in [0.15, 0.2) is 41.0 Å². The van der Waals surface area contributed by atoms with Crippen molar-refractivity contribution in [3.63, 3.8) is 0 Å². The summed E-state index contributed by atoms with van der Waals surface area (Å²) in [7, 11) is 0. The minimum absolute atomic E-state index is 0.581. The average Bonchev–Trinajstić information content (AvgIpc) is 2.93. The number of hydrogen-bond acceptors (Lipinski definition) is 6. The topological polar surface area (TPSA) is 75.6 Å². The third kappa shape index (κ3) is 3.07. The molecule has 1 atom stereocenters. The first-order valence-electron chi connectivity index (χ1n) is 5.40. The molecule has 6 heteroatoms. The highest BCUT2D eigenvalue weighted by molar-refractivity contribution is 8.00. The van der Waals surface area contributed by atoms with Crippen molar-refractivity contribution in [3.8, 4) is 6.07 Å². The maximum absolute atomic E-state index is 9.29. The zero-order valence-electron chi connectivity index (χ0n) is 9.61. The summed E-state index contributed by atoms with van der Waals surface area (Å²) in [5.74, 6) is 0.744. The van der Waals surface area contributed by atoms with Crippen LogP contribution < -0.4 is 5.73 Å². The minimum atomic E-state index is -0.932. The zero-order chi connectivity index (χ0) is 12.8. The Morgan fingerprint density at radius 3 is 2.78 bits per heavy atom. The fraction of sp³-hybridized carbons (Fsp3) is 0.250. The van der Waals surface area contributed by atoms with E-state index in [9.17, 15) is 5.26 Å². The Hall–Kier alpha value is -1.42. The molecule has 0 aliphatic carbocycles. The van der Waals surface area contributed by atoms with Crippen molar-refractivity contribution in [2.75, 3.05) is 5.75 Å². The van der Waals surface area contributed by atoms with Gasteiger partial charge in [0, 0.05) is 5.75 Å². The van der Waals surface area contributed by atoms with E-state index in [2.05, 4.69) is 15.4 Å². The summed E-state index contributed by atoms with van der Waals surface area (Å²) in [5.41, 5.74) is 6.07. The van der Waals surface area contributed by atoms with E-state index in [-0.39, 0.29) is 0 Å². The van der Waals surface area contributed by atoms with Gasteiger partial charge in [-0.05, 0) is 23.5 Å². The molecule has 0 radical (unpaired) electrons. The van der Waals surface area contributed by atoms with Crippen molar-refractivity contribution in [3.05, 3.63) is 42.2 Å². The molecule has 2 rings (SSSR count). The number of thioether (sulfide) groups is 1. The number of aromatic nitrogens is 2. The smallest absolute Gasteiger partial charge is 0.169 e.